The Kier molecular flexibility index (Phi) is 6.09. The molecule has 0 aliphatic heterocycles. The van der Waals surface area contributed by atoms with E-state index in [2.05, 4.69) is 0 Å². The van der Waals surface area contributed by atoms with E-state index in [1.54, 1.807) is 24.7 Å². The minimum atomic E-state index is 0.0574. The highest BCUT2D eigenvalue weighted by molar-refractivity contribution is 7.09. The molecule has 3 aromatic rings. The Hall–Kier alpha value is -2.57. The van der Waals surface area contributed by atoms with Gasteiger partial charge in [-0.25, -0.2) is 0 Å². The van der Waals surface area contributed by atoms with Crippen molar-refractivity contribution >= 4 is 22.9 Å². The summed E-state index contributed by atoms with van der Waals surface area (Å²) in [6.45, 7) is 2.94. The molecule has 1 atom stereocenters. The summed E-state index contributed by atoms with van der Waals surface area (Å²) in [6.07, 6.45) is 1.65. The van der Waals surface area contributed by atoms with Crippen LogP contribution in [-0.4, -0.2) is 19.6 Å². The number of quaternary nitrogens is 1. The van der Waals surface area contributed by atoms with Gasteiger partial charge in [-0.05, 0) is 54.8 Å². The standard InChI is InChI=1S/C20H22N2O3S/c1-15(19-6-3-11-25-19)21-13-20(23)22(14-18-5-4-12-26-18)16-7-9-17(24-2)10-8-16/h3-12,15,21H,13-14H2,1-2H3/p+1/t15-/m1/s1. The maximum absolute atomic E-state index is 12.9. The predicted molar refractivity (Wildman–Crippen MR) is 102 cm³/mol. The first kappa shape index (κ1) is 18.2. The van der Waals surface area contributed by atoms with E-state index < -0.39 is 0 Å². The van der Waals surface area contributed by atoms with E-state index in [-0.39, 0.29) is 11.9 Å². The number of hydrogen-bond donors (Lipinski definition) is 1. The van der Waals surface area contributed by atoms with Crippen LogP contribution < -0.4 is 15.0 Å². The highest BCUT2D eigenvalue weighted by atomic mass is 32.1. The van der Waals surface area contributed by atoms with Crippen LogP contribution in [0, 0.1) is 0 Å². The number of methoxy groups -OCH3 is 1. The Morgan fingerprint density at radius 3 is 2.65 bits per heavy atom. The Labute approximate surface area is 157 Å². The van der Waals surface area contributed by atoms with Gasteiger partial charge in [0.05, 0.1) is 19.9 Å². The number of nitrogens with two attached hydrogens (primary N) is 1. The normalized spacial score (nSPS) is 11.9. The molecule has 0 spiro atoms. The zero-order valence-corrected chi connectivity index (χ0v) is 15.7. The summed E-state index contributed by atoms with van der Waals surface area (Å²) < 4.78 is 10.6. The van der Waals surface area contributed by atoms with E-state index in [0.29, 0.717) is 13.1 Å². The molecular formula is C20H23N2O3S+. The largest absolute Gasteiger partial charge is 0.497 e. The van der Waals surface area contributed by atoms with E-state index in [1.807, 2.05) is 71.1 Å². The number of hydrogen-bond acceptors (Lipinski definition) is 4. The quantitative estimate of drug-likeness (QED) is 0.661. The molecule has 2 N–H and O–H groups in total. The van der Waals surface area contributed by atoms with E-state index in [0.717, 1.165) is 22.1 Å². The zero-order chi connectivity index (χ0) is 18.4. The maximum atomic E-state index is 12.9. The van der Waals surface area contributed by atoms with Gasteiger partial charge in [0, 0.05) is 10.6 Å². The van der Waals surface area contributed by atoms with Crippen LogP contribution in [0.3, 0.4) is 0 Å². The molecule has 1 aromatic carbocycles. The van der Waals surface area contributed by atoms with Gasteiger partial charge in [0.2, 0.25) is 0 Å². The van der Waals surface area contributed by atoms with Gasteiger partial charge in [0.25, 0.3) is 5.91 Å². The monoisotopic (exact) mass is 371 g/mol. The molecule has 0 aliphatic carbocycles. The van der Waals surface area contributed by atoms with E-state index >= 15 is 0 Å². The summed E-state index contributed by atoms with van der Waals surface area (Å²) in [7, 11) is 1.63. The Bertz CT molecular complexity index is 798. The Morgan fingerprint density at radius 2 is 2.04 bits per heavy atom. The number of amides is 1. The summed E-state index contributed by atoms with van der Waals surface area (Å²) in [5.74, 6) is 1.70. The van der Waals surface area contributed by atoms with Crippen molar-refractivity contribution in [2.45, 2.75) is 19.5 Å². The lowest BCUT2D eigenvalue weighted by atomic mass is 10.2. The van der Waals surface area contributed by atoms with Crippen LogP contribution in [0.15, 0.2) is 64.6 Å². The van der Waals surface area contributed by atoms with Crippen LogP contribution in [0.4, 0.5) is 5.69 Å². The summed E-state index contributed by atoms with van der Waals surface area (Å²) in [4.78, 5) is 15.9. The SMILES string of the molecule is COc1ccc(N(Cc2cccs2)C(=O)C[NH2+][C@H](C)c2ccco2)cc1. The first-order chi connectivity index (χ1) is 12.7. The molecule has 6 heteroatoms. The first-order valence-corrected chi connectivity index (χ1v) is 9.39. The second-order valence-electron chi connectivity index (χ2n) is 6.00. The Balaban J connectivity index is 1.72. The van der Waals surface area contributed by atoms with Gasteiger partial charge in [-0.2, -0.15) is 0 Å². The molecule has 136 valence electrons. The average molecular weight is 371 g/mol. The number of thiophene rings is 1. The molecule has 26 heavy (non-hydrogen) atoms. The third-order valence-corrected chi connectivity index (χ3v) is 5.08. The van der Waals surface area contributed by atoms with Gasteiger partial charge < -0.3 is 19.4 Å². The molecule has 0 aliphatic rings. The molecule has 0 fully saturated rings. The minimum absolute atomic E-state index is 0.0574. The van der Waals surface area contributed by atoms with Gasteiger partial charge >= 0.3 is 0 Å². The third kappa shape index (κ3) is 4.53. The molecular weight excluding hydrogens is 348 g/mol. The van der Waals surface area contributed by atoms with Crippen molar-refractivity contribution in [1.82, 2.24) is 0 Å². The predicted octanol–water partition coefficient (Wildman–Crippen LogP) is 3.21. The van der Waals surface area contributed by atoms with Crippen molar-refractivity contribution in [3.05, 3.63) is 70.8 Å². The number of carbonyl (C=O) groups excluding carboxylic acids is 1. The molecule has 0 saturated carbocycles. The van der Waals surface area contributed by atoms with Crippen LogP contribution in [0.2, 0.25) is 0 Å². The van der Waals surface area contributed by atoms with Gasteiger partial charge in [0.1, 0.15) is 11.8 Å². The second kappa shape index (κ2) is 8.69. The summed E-state index contributed by atoms with van der Waals surface area (Å²) in [5, 5.41) is 4.02. The van der Waals surface area contributed by atoms with Gasteiger partial charge in [-0.1, -0.05) is 6.07 Å². The lowest BCUT2D eigenvalue weighted by Crippen LogP contribution is -2.87. The molecule has 0 bridgehead atoms. The van der Waals surface area contributed by atoms with Crippen molar-refractivity contribution in [3.8, 4) is 5.75 Å². The molecule has 1 amide bonds. The second-order valence-corrected chi connectivity index (χ2v) is 7.03. The van der Waals surface area contributed by atoms with E-state index in [4.69, 9.17) is 9.15 Å². The summed E-state index contributed by atoms with van der Waals surface area (Å²) in [5.41, 5.74) is 0.864. The van der Waals surface area contributed by atoms with E-state index in [9.17, 15) is 4.79 Å². The zero-order valence-electron chi connectivity index (χ0n) is 14.9. The summed E-state index contributed by atoms with van der Waals surface area (Å²) >= 11 is 1.65. The van der Waals surface area contributed by atoms with E-state index in [1.165, 1.54) is 0 Å². The maximum Gasteiger partial charge on any atom is 0.282 e. The van der Waals surface area contributed by atoms with Crippen LogP contribution in [-0.2, 0) is 11.3 Å². The molecule has 3 rings (SSSR count). The molecule has 5 nitrogen and oxygen atoms in total. The number of anilines is 1. The molecule has 0 radical (unpaired) electrons. The summed E-state index contributed by atoms with van der Waals surface area (Å²) in [6, 6.07) is 15.5. The fourth-order valence-corrected chi connectivity index (χ4v) is 3.39. The number of ether oxygens (including phenoxy) is 1. The fraction of sp³-hybridized carbons (Fsp3) is 0.250. The average Bonchev–Trinajstić information content (AvgIpc) is 3.38. The number of rotatable bonds is 8. The number of nitrogens with zero attached hydrogens (tertiary/aromatic N) is 1. The van der Waals surface area contributed by atoms with Crippen LogP contribution in [0.25, 0.3) is 0 Å². The third-order valence-electron chi connectivity index (χ3n) is 4.22. The Morgan fingerprint density at radius 1 is 1.23 bits per heavy atom. The number of benzene rings is 1. The lowest BCUT2D eigenvalue weighted by molar-refractivity contribution is -0.684. The van der Waals surface area contributed by atoms with Crippen LogP contribution in [0.1, 0.15) is 23.6 Å². The highest BCUT2D eigenvalue weighted by Crippen LogP contribution is 2.22. The van der Waals surface area contributed by atoms with Crippen molar-refractivity contribution < 1.29 is 19.3 Å². The lowest BCUT2D eigenvalue weighted by Gasteiger charge is -2.22. The van der Waals surface area contributed by atoms with Crippen molar-refractivity contribution in [1.29, 1.82) is 0 Å². The molecule has 2 heterocycles. The minimum Gasteiger partial charge on any atom is -0.497 e. The number of carbonyl (C=O) groups is 1. The van der Waals surface area contributed by atoms with Crippen molar-refractivity contribution in [2.24, 2.45) is 0 Å². The van der Waals surface area contributed by atoms with Crippen LogP contribution >= 0.6 is 11.3 Å². The van der Waals surface area contributed by atoms with Crippen molar-refractivity contribution in [3.63, 3.8) is 0 Å². The first-order valence-electron chi connectivity index (χ1n) is 8.51. The van der Waals surface area contributed by atoms with Crippen LogP contribution in [0.5, 0.6) is 5.75 Å². The fourth-order valence-electron chi connectivity index (χ4n) is 2.70. The van der Waals surface area contributed by atoms with Gasteiger partial charge in [0.15, 0.2) is 12.3 Å². The topological polar surface area (TPSA) is 59.3 Å². The highest BCUT2D eigenvalue weighted by Gasteiger charge is 2.21. The van der Waals surface area contributed by atoms with Crippen molar-refractivity contribution in [2.75, 3.05) is 18.6 Å². The van der Waals surface area contributed by atoms with Gasteiger partial charge in [-0.3, -0.25) is 4.79 Å². The molecule has 2 aromatic heterocycles. The molecule has 0 unspecified atom stereocenters. The smallest absolute Gasteiger partial charge is 0.282 e. The molecule has 0 saturated heterocycles. The van der Waals surface area contributed by atoms with Gasteiger partial charge in [-0.15, -0.1) is 11.3 Å². The number of furan rings is 1.